The molecule has 2 aromatic rings. The molecule has 44 heavy (non-hydrogen) atoms. The highest BCUT2D eigenvalue weighted by Crippen LogP contribution is 2.49. The quantitative estimate of drug-likeness (QED) is 0.0500. The largest absolute Gasteiger partial charge is 0.480 e. The predicted molar refractivity (Wildman–Crippen MR) is 164 cm³/mol. The molecule has 1 aromatic heterocycles. The van der Waals surface area contributed by atoms with Gasteiger partial charge in [-0.25, -0.2) is 19.2 Å². The summed E-state index contributed by atoms with van der Waals surface area (Å²) >= 11 is 0.824. The van der Waals surface area contributed by atoms with Crippen LogP contribution in [-0.2, 0) is 32.4 Å². The Morgan fingerprint density at radius 1 is 1.16 bits per heavy atom. The molecule has 0 radical (unpaired) electrons. The highest BCUT2D eigenvalue weighted by atomic mass is 32.2. The van der Waals surface area contributed by atoms with Crippen molar-refractivity contribution in [2.75, 3.05) is 45.1 Å². The van der Waals surface area contributed by atoms with E-state index in [0.717, 1.165) is 18.3 Å². The summed E-state index contributed by atoms with van der Waals surface area (Å²) in [7, 11) is 0.545. The van der Waals surface area contributed by atoms with Gasteiger partial charge in [0.05, 0.1) is 57.4 Å². The van der Waals surface area contributed by atoms with Crippen molar-refractivity contribution >= 4 is 37.8 Å². The van der Waals surface area contributed by atoms with Gasteiger partial charge in [-0.3, -0.25) is 13.7 Å². The van der Waals surface area contributed by atoms with E-state index in [1.165, 1.54) is 36.7 Å². The summed E-state index contributed by atoms with van der Waals surface area (Å²) in [6.45, 7) is 7.37. The third-order valence-corrected chi connectivity index (χ3v) is 8.19. The number of hydrogen-bond acceptors (Lipinski definition) is 14. The first kappa shape index (κ1) is 37.6. The van der Waals surface area contributed by atoms with Crippen molar-refractivity contribution in [3.8, 4) is 17.0 Å². The van der Waals surface area contributed by atoms with E-state index < -0.39 is 37.9 Å². The molecule has 246 valence electrons. The van der Waals surface area contributed by atoms with Crippen molar-refractivity contribution in [2.24, 2.45) is 0 Å². The summed E-state index contributed by atoms with van der Waals surface area (Å²) in [5.41, 5.74) is 1.63. The maximum absolute atomic E-state index is 14.5. The Kier molecular flexibility index (Phi) is 15.7. The predicted octanol–water partition coefficient (Wildman–Crippen LogP) is 5.27. The van der Waals surface area contributed by atoms with Crippen molar-refractivity contribution in [3.05, 3.63) is 41.3 Å². The van der Waals surface area contributed by atoms with Crippen LogP contribution in [0.3, 0.4) is 0 Å². The first-order valence-electron chi connectivity index (χ1n) is 13.8. The number of carbonyl (C=O) groups excluding carboxylic acids is 1. The van der Waals surface area contributed by atoms with E-state index in [2.05, 4.69) is 9.62 Å². The number of hydrogen-bond donors (Lipinski definition) is 2. The van der Waals surface area contributed by atoms with Gasteiger partial charge < -0.3 is 28.7 Å². The Balaban J connectivity index is 2.69. The Hall–Kier alpha value is -2.62. The molecule has 0 unspecified atom stereocenters. The van der Waals surface area contributed by atoms with Crippen LogP contribution in [0, 0.1) is 5.82 Å². The van der Waals surface area contributed by atoms with Gasteiger partial charge in [-0.2, -0.15) is 0 Å². The minimum absolute atomic E-state index is 0.0103. The summed E-state index contributed by atoms with van der Waals surface area (Å²) in [5, 5.41) is 20.8. The first-order valence-corrected chi connectivity index (χ1v) is 16.3. The lowest BCUT2D eigenvalue weighted by atomic mass is 9.96. The Labute approximate surface area is 261 Å². The molecule has 0 saturated heterocycles. The average Bonchev–Trinajstić information content (AvgIpc) is 2.97. The van der Waals surface area contributed by atoms with Crippen LogP contribution in [0.25, 0.3) is 17.3 Å². The fraction of sp³-hybridized carbons (Fsp3) is 0.536. The van der Waals surface area contributed by atoms with Crippen molar-refractivity contribution < 1.29 is 51.7 Å². The number of benzene rings is 1. The minimum atomic E-state index is -3.66. The molecule has 0 saturated carbocycles. The van der Waals surface area contributed by atoms with Gasteiger partial charge in [-0.15, -0.1) is 4.33 Å². The number of carbonyl (C=O) groups is 1. The number of ether oxygens (including phenoxy) is 2. The number of aromatic nitrogens is 2. The summed E-state index contributed by atoms with van der Waals surface area (Å²) < 4.78 is 55.2. The number of aliphatic hydroxyl groups excluding tert-OH is 2. The van der Waals surface area contributed by atoms with E-state index in [1.54, 1.807) is 27.0 Å². The molecule has 2 atom stereocenters. The number of halogens is 1. The summed E-state index contributed by atoms with van der Waals surface area (Å²) in [4.78, 5) is 25.6. The van der Waals surface area contributed by atoms with E-state index in [9.17, 15) is 24.0 Å². The summed E-state index contributed by atoms with van der Waals surface area (Å²) in [6.07, 6.45) is -0.176. The summed E-state index contributed by atoms with van der Waals surface area (Å²) in [6, 6.07) is 3.81. The second kappa shape index (κ2) is 18.4. The number of methoxy groups -OCH3 is 1. The normalized spacial score (nSPS) is 13.3. The number of rotatable bonds is 19. The molecule has 2 N–H and O–H groups in total. The van der Waals surface area contributed by atoms with E-state index >= 15 is 0 Å². The van der Waals surface area contributed by atoms with Crippen molar-refractivity contribution in [1.82, 2.24) is 9.97 Å². The minimum Gasteiger partial charge on any atom is -0.480 e. The number of anilines is 1. The van der Waals surface area contributed by atoms with Crippen LogP contribution >= 0.6 is 19.8 Å². The highest BCUT2D eigenvalue weighted by molar-refractivity contribution is 7.95. The van der Waals surface area contributed by atoms with Crippen molar-refractivity contribution in [3.63, 3.8) is 0 Å². The second-order valence-corrected chi connectivity index (χ2v) is 12.4. The average molecular weight is 662 g/mol. The van der Waals surface area contributed by atoms with E-state index in [4.69, 9.17) is 28.1 Å². The molecule has 0 fully saturated rings. The van der Waals surface area contributed by atoms with Gasteiger partial charge in [0.2, 0.25) is 5.95 Å². The lowest BCUT2D eigenvalue weighted by molar-refractivity contribution is -0.160. The van der Waals surface area contributed by atoms with Crippen molar-refractivity contribution in [1.29, 1.82) is 0 Å². The smallest absolute Gasteiger partial charge is 0.367 e. The lowest BCUT2D eigenvalue weighted by Crippen LogP contribution is -2.20. The van der Waals surface area contributed by atoms with Gasteiger partial charge in [0.15, 0.2) is 18.6 Å². The van der Waals surface area contributed by atoms with Crippen LogP contribution in [-0.4, -0.2) is 79.2 Å². The van der Waals surface area contributed by atoms with Gasteiger partial charge in [-0.05, 0) is 31.9 Å². The Bertz CT molecular complexity index is 1290. The molecule has 0 bridgehead atoms. The molecule has 1 aromatic carbocycles. The molecule has 0 aliphatic carbocycles. The van der Waals surface area contributed by atoms with E-state index in [1.807, 2.05) is 13.8 Å². The molecule has 0 amide bonds. The Morgan fingerprint density at radius 2 is 1.84 bits per heavy atom. The molecule has 2 rings (SSSR count). The molecule has 0 spiro atoms. The van der Waals surface area contributed by atoms with E-state index in [0.29, 0.717) is 22.5 Å². The Morgan fingerprint density at radius 3 is 2.43 bits per heavy atom. The van der Waals surface area contributed by atoms with Crippen LogP contribution in [0.15, 0.2) is 24.3 Å². The standard InChI is InChI=1S/C28H41FN3O10PS/c1-8-40-43(36,41-9-2)17-39-24-14-19(29)10-12-22(24)27-23(13-11-20(33)15-21(34)16-25(35)37-6)26(18(3)4)30-28(31-27)32(5)44-42-38-7/h10-14,18,20-21,33-34H,8-9,15-17H2,1-7H3/t20-,21-/m1/s1. The van der Waals surface area contributed by atoms with Gasteiger partial charge in [-0.1, -0.05) is 26.0 Å². The molecular formula is C28H41FN3O10PS. The molecular weight excluding hydrogens is 620 g/mol. The van der Waals surface area contributed by atoms with Crippen LogP contribution in [0.1, 0.15) is 57.7 Å². The van der Waals surface area contributed by atoms with Gasteiger partial charge in [0.25, 0.3) is 0 Å². The lowest BCUT2D eigenvalue weighted by Gasteiger charge is -2.22. The SMILES string of the molecule is CCOP(=O)(COc1cc(F)ccc1-c1nc(N(C)SOOC)nc(C(C)C)c1C=C[C@@H](O)C[C@@H](O)CC(=O)OC)OCC. The zero-order valence-corrected chi connectivity index (χ0v) is 27.6. The topological polar surface area (TPSA) is 159 Å². The number of nitrogens with zero attached hydrogens (tertiary/aromatic N) is 3. The van der Waals surface area contributed by atoms with Crippen LogP contribution < -0.4 is 9.04 Å². The molecule has 1 heterocycles. The molecule has 16 heteroatoms. The zero-order chi connectivity index (χ0) is 32.9. The third-order valence-electron chi connectivity index (χ3n) is 5.86. The first-order chi connectivity index (χ1) is 20.9. The van der Waals surface area contributed by atoms with Crippen LogP contribution in [0.4, 0.5) is 10.3 Å². The maximum Gasteiger partial charge on any atom is 0.367 e. The maximum atomic E-state index is 14.5. The van der Waals surface area contributed by atoms with Gasteiger partial charge in [0.1, 0.15) is 11.6 Å². The van der Waals surface area contributed by atoms with E-state index in [-0.39, 0.29) is 43.7 Å². The second-order valence-electron chi connectivity index (χ2n) is 9.59. The fourth-order valence-corrected chi connectivity index (χ4v) is 5.53. The fourth-order valence-electron chi connectivity index (χ4n) is 3.92. The molecule has 0 aliphatic heterocycles. The van der Waals surface area contributed by atoms with Gasteiger partial charge in [0, 0.05) is 30.7 Å². The van der Waals surface area contributed by atoms with Gasteiger partial charge >= 0.3 is 13.6 Å². The van der Waals surface area contributed by atoms with Crippen LogP contribution in [0.2, 0.25) is 0 Å². The number of esters is 1. The van der Waals surface area contributed by atoms with Crippen LogP contribution in [0.5, 0.6) is 5.75 Å². The monoisotopic (exact) mass is 661 g/mol. The summed E-state index contributed by atoms with van der Waals surface area (Å²) in [5.74, 6) is -1.17. The zero-order valence-electron chi connectivity index (χ0n) is 25.9. The molecule has 13 nitrogen and oxygen atoms in total. The third kappa shape index (κ3) is 11.4. The number of aliphatic hydroxyl groups is 2. The molecule has 0 aliphatic rings. The van der Waals surface area contributed by atoms with Crippen molar-refractivity contribution in [2.45, 2.75) is 58.7 Å². The highest BCUT2D eigenvalue weighted by Gasteiger charge is 2.27.